The number of hydrogen-bond acceptors (Lipinski definition) is 4. The van der Waals surface area contributed by atoms with E-state index >= 15 is 0 Å². The molecule has 0 spiro atoms. The molecule has 0 bridgehead atoms. The Balaban J connectivity index is 2.67. The van der Waals surface area contributed by atoms with Gasteiger partial charge in [0.25, 0.3) is 0 Å². The van der Waals surface area contributed by atoms with Crippen LogP contribution in [0.1, 0.15) is 32.3 Å². The summed E-state index contributed by atoms with van der Waals surface area (Å²) in [5.41, 5.74) is 2.32. The van der Waals surface area contributed by atoms with Crippen LogP contribution in [0.15, 0.2) is 55.1 Å². The summed E-state index contributed by atoms with van der Waals surface area (Å²) in [4.78, 5) is 12.3. The lowest BCUT2D eigenvalue weighted by Crippen LogP contribution is -2.27. The number of benzene rings is 1. The second-order valence-corrected chi connectivity index (χ2v) is 5.78. The van der Waals surface area contributed by atoms with Gasteiger partial charge in [0.1, 0.15) is 6.10 Å². The van der Waals surface area contributed by atoms with Crippen LogP contribution < -0.4 is 10.6 Å². The van der Waals surface area contributed by atoms with Gasteiger partial charge in [-0.15, -0.1) is 0 Å². The van der Waals surface area contributed by atoms with Gasteiger partial charge < -0.3 is 15.2 Å². The summed E-state index contributed by atoms with van der Waals surface area (Å²) in [5.74, 6) is 0. The highest BCUT2D eigenvalue weighted by Crippen LogP contribution is 2.24. The fourth-order valence-corrected chi connectivity index (χ4v) is 2.35. The zero-order valence-corrected chi connectivity index (χ0v) is 15.7. The third kappa shape index (κ3) is 8.14. The summed E-state index contributed by atoms with van der Waals surface area (Å²) in [5, 5.41) is 14.7. The Morgan fingerprint density at radius 3 is 2.77 bits per heavy atom. The molecule has 5 nitrogen and oxygen atoms in total. The minimum Gasteiger partial charge on any atom is -0.446 e. The average molecular weight is 358 g/mol. The number of aliphatic hydroxyl groups is 1. The summed E-state index contributed by atoms with van der Waals surface area (Å²) in [6, 6.07) is 7.50. The van der Waals surface area contributed by atoms with Crippen LogP contribution in [-0.2, 0) is 4.74 Å². The number of para-hydroxylation sites is 1. The van der Waals surface area contributed by atoms with Crippen molar-refractivity contribution >= 4 is 17.4 Å². The fourth-order valence-electron chi connectivity index (χ4n) is 2.35. The Morgan fingerprint density at radius 2 is 2.08 bits per heavy atom. The van der Waals surface area contributed by atoms with Crippen molar-refractivity contribution in [2.24, 2.45) is 0 Å². The molecule has 0 heterocycles. The lowest BCUT2D eigenvalue weighted by Gasteiger charge is -2.18. The molecule has 1 aromatic carbocycles. The van der Waals surface area contributed by atoms with E-state index in [0.717, 1.165) is 17.6 Å². The van der Waals surface area contributed by atoms with E-state index in [-0.39, 0.29) is 12.7 Å². The van der Waals surface area contributed by atoms with Gasteiger partial charge in [0.15, 0.2) is 0 Å². The minimum atomic E-state index is -0.475. The maximum atomic E-state index is 12.3. The van der Waals surface area contributed by atoms with Gasteiger partial charge in [-0.3, -0.25) is 5.32 Å². The van der Waals surface area contributed by atoms with E-state index < -0.39 is 6.09 Å². The number of anilines is 1. The Hall–Kier alpha value is -2.37. The van der Waals surface area contributed by atoms with Gasteiger partial charge in [0.2, 0.25) is 0 Å². The number of hydrogen-bond donors (Lipinski definition) is 3. The first-order valence-corrected chi connectivity index (χ1v) is 8.99. The zero-order chi connectivity index (χ0) is 19.2. The number of rotatable bonds is 11. The van der Waals surface area contributed by atoms with E-state index in [2.05, 4.69) is 17.2 Å². The normalized spacial score (nSPS) is 12.4. The molecular weight excluding hydrogens is 328 g/mol. The molecular formula is C21H30N2O3. The van der Waals surface area contributed by atoms with Crippen molar-refractivity contribution in [2.75, 3.05) is 25.0 Å². The Bertz CT molecular complexity index is 623. The van der Waals surface area contributed by atoms with Crippen LogP contribution in [0.3, 0.4) is 0 Å². The molecule has 1 unspecified atom stereocenters. The highest BCUT2D eigenvalue weighted by Gasteiger charge is 2.14. The molecule has 1 amide bonds. The monoisotopic (exact) mass is 358 g/mol. The summed E-state index contributed by atoms with van der Waals surface area (Å²) >= 11 is 0. The van der Waals surface area contributed by atoms with Crippen LogP contribution in [0.25, 0.3) is 5.57 Å². The Kier molecular flexibility index (Phi) is 10.8. The van der Waals surface area contributed by atoms with Crippen molar-refractivity contribution in [3.8, 4) is 0 Å². The molecule has 0 aromatic heterocycles. The molecule has 5 heteroatoms. The maximum Gasteiger partial charge on any atom is 0.411 e. The smallest absolute Gasteiger partial charge is 0.411 e. The van der Waals surface area contributed by atoms with E-state index in [4.69, 9.17) is 9.84 Å². The number of carbonyl (C=O) groups excluding carboxylic acids is 1. The quantitative estimate of drug-likeness (QED) is 0.411. The lowest BCUT2D eigenvalue weighted by atomic mass is 10.0. The molecule has 142 valence electrons. The average Bonchev–Trinajstić information content (AvgIpc) is 2.64. The first kappa shape index (κ1) is 21.7. The van der Waals surface area contributed by atoms with Gasteiger partial charge in [-0.25, -0.2) is 4.79 Å². The molecule has 1 atom stereocenters. The fraction of sp³-hybridized carbons (Fsp3) is 0.381. The van der Waals surface area contributed by atoms with Crippen LogP contribution in [0, 0.1) is 0 Å². The maximum absolute atomic E-state index is 12.3. The molecule has 0 saturated heterocycles. The summed E-state index contributed by atoms with van der Waals surface area (Å²) in [6.45, 7) is 9.31. The van der Waals surface area contributed by atoms with E-state index in [1.807, 2.05) is 62.4 Å². The van der Waals surface area contributed by atoms with Crippen LogP contribution in [0.5, 0.6) is 0 Å². The van der Waals surface area contributed by atoms with Crippen LogP contribution in [-0.4, -0.2) is 37.0 Å². The first-order chi connectivity index (χ1) is 12.6. The third-order valence-corrected chi connectivity index (χ3v) is 3.77. The second-order valence-electron chi connectivity index (χ2n) is 5.78. The topological polar surface area (TPSA) is 70.6 Å². The van der Waals surface area contributed by atoms with Gasteiger partial charge in [-0.1, -0.05) is 56.0 Å². The number of ether oxygens (including phenoxy) is 1. The third-order valence-electron chi connectivity index (χ3n) is 3.77. The van der Waals surface area contributed by atoms with Gasteiger partial charge >= 0.3 is 6.09 Å². The van der Waals surface area contributed by atoms with Crippen molar-refractivity contribution in [2.45, 2.75) is 32.8 Å². The molecule has 3 N–H and O–H groups in total. The van der Waals surface area contributed by atoms with Crippen molar-refractivity contribution < 1.29 is 14.6 Å². The number of carbonyl (C=O) groups is 1. The molecule has 0 aliphatic carbocycles. The van der Waals surface area contributed by atoms with Crippen molar-refractivity contribution in [3.63, 3.8) is 0 Å². The van der Waals surface area contributed by atoms with Crippen molar-refractivity contribution in [1.82, 2.24) is 5.32 Å². The van der Waals surface area contributed by atoms with E-state index in [1.165, 1.54) is 0 Å². The van der Waals surface area contributed by atoms with Crippen LogP contribution in [0.2, 0.25) is 0 Å². The minimum absolute atomic E-state index is 0.0985. The van der Waals surface area contributed by atoms with Gasteiger partial charge in [-0.2, -0.15) is 0 Å². The number of nitrogens with one attached hydrogen (secondary N) is 2. The summed E-state index contributed by atoms with van der Waals surface area (Å²) < 4.78 is 5.51. The van der Waals surface area contributed by atoms with Crippen LogP contribution >= 0.6 is 0 Å². The van der Waals surface area contributed by atoms with Gasteiger partial charge in [0.05, 0.1) is 12.3 Å². The Labute approximate surface area is 156 Å². The number of aliphatic hydroxyl groups excluding tert-OH is 1. The summed E-state index contributed by atoms with van der Waals surface area (Å²) in [6.07, 6.45) is 8.44. The van der Waals surface area contributed by atoms with Crippen LogP contribution in [0.4, 0.5) is 10.5 Å². The summed E-state index contributed by atoms with van der Waals surface area (Å²) in [7, 11) is 0. The Morgan fingerprint density at radius 1 is 1.31 bits per heavy atom. The number of allylic oxidation sites excluding steroid dienone is 5. The van der Waals surface area contributed by atoms with E-state index in [1.54, 1.807) is 0 Å². The molecule has 0 aliphatic rings. The van der Waals surface area contributed by atoms with E-state index in [0.29, 0.717) is 25.2 Å². The molecule has 1 rings (SSSR count). The van der Waals surface area contributed by atoms with Gasteiger partial charge in [0, 0.05) is 12.1 Å². The second kappa shape index (κ2) is 12.9. The molecule has 0 radical (unpaired) electrons. The van der Waals surface area contributed by atoms with Crippen molar-refractivity contribution in [3.05, 3.63) is 60.7 Å². The van der Waals surface area contributed by atoms with Crippen molar-refractivity contribution in [1.29, 1.82) is 0 Å². The zero-order valence-electron chi connectivity index (χ0n) is 15.7. The van der Waals surface area contributed by atoms with E-state index in [9.17, 15) is 4.79 Å². The predicted octanol–water partition coefficient (Wildman–Crippen LogP) is 4.13. The number of amides is 1. The SMILES string of the molecule is C=C(/C=C\C=C/C)c1ccccc1NC(=O)OC(CC)CCNCCO. The molecule has 26 heavy (non-hydrogen) atoms. The van der Waals surface area contributed by atoms with Gasteiger partial charge in [-0.05, 0) is 37.9 Å². The molecule has 1 aromatic rings. The molecule has 0 saturated carbocycles. The highest BCUT2D eigenvalue weighted by atomic mass is 16.6. The molecule has 0 aliphatic heterocycles. The largest absolute Gasteiger partial charge is 0.446 e. The molecule has 0 fully saturated rings. The highest BCUT2D eigenvalue weighted by molar-refractivity contribution is 5.91. The standard InChI is InChI=1S/C21H30N2O3/c1-4-6-7-10-17(3)19-11-8-9-12-20(19)23-21(25)26-18(5-2)13-14-22-15-16-24/h4,6-12,18,22,24H,3,5,13-16H2,1-2H3,(H,23,25)/b6-4-,10-7-. The first-order valence-electron chi connectivity index (χ1n) is 8.99. The predicted molar refractivity (Wildman–Crippen MR) is 108 cm³/mol. The lowest BCUT2D eigenvalue weighted by molar-refractivity contribution is 0.102.